The van der Waals surface area contributed by atoms with Crippen molar-refractivity contribution in [2.24, 2.45) is 0 Å². The Morgan fingerprint density at radius 1 is 1.22 bits per heavy atom. The van der Waals surface area contributed by atoms with Gasteiger partial charge >= 0.3 is 5.97 Å². The highest BCUT2D eigenvalue weighted by Gasteiger charge is 2.08. The Morgan fingerprint density at radius 2 is 1.91 bits per heavy atom. The molecule has 0 spiro atoms. The molecule has 0 radical (unpaired) electrons. The van der Waals surface area contributed by atoms with Gasteiger partial charge in [0.25, 0.3) is 0 Å². The summed E-state index contributed by atoms with van der Waals surface area (Å²) in [5, 5.41) is 8.90. The average Bonchev–Trinajstić information content (AvgIpc) is 2.59. The zero-order chi connectivity index (χ0) is 16.7. The lowest BCUT2D eigenvalue weighted by atomic mass is 10.1. The number of esters is 1. The Bertz CT molecular complexity index is 761. The van der Waals surface area contributed by atoms with E-state index in [0.717, 1.165) is 0 Å². The van der Waals surface area contributed by atoms with E-state index in [9.17, 15) is 9.18 Å². The van der Waals surface area contributed by atoms with Crippen LogP contribution in [0.15, 0.2) is 54.1 Å². The van der Waals surface area contributed by atoms with Gasteiger partial charge in [-0.3, -0.25) is 0 Å². The largest absolute Gasteiger partial charge is 0.489 e. The van der Waals surface area contributed by atoms with Gasteiger partial charge in [0.15, 0.2) is 0 Å². The van der Waals surface area contributed by atoms with E-state index in [1.165, 1.54) is 19.3 Å². The quantitative estimate of drug-likeness (QED) is 0.482. The van der Waals surface area contributed by atoms with Crippen molar-refractivity contribution in [2.75, 3.05) is 7.11 Å². The van der Waals surface area contributed by atoms with E-state index in [2.05, 4.69) is 4.74 Å². The first-order valence-electron chi connectivity index (χ1n) is 6.80. The van der Waals surface area contributed by atoms with Crippen LogP contribution in [0.4, 0.5) is 4.39 Å². The van der Waals surface area contributed by atoms with Crippen molar-refractivity contribution in [3.63, 3.8) is 0 Å². The maximum Gasteiger partial charge on any atom is 0.348 e. The van der Waals surface area contributed by atoms with E-state index in [-0.39, 0.29) is 18.0 Å². The minimum atomic E-state index is -0.688. The number of hydrogen-bond donors (Lipinski definition) is 0. The predicted octanol–water partition coefficient (Wildman–Crippen LogP) is 3.48. The van der Waals surface area contributed by atoms with Gasteiger partial charge in [-0.2, -0.15) is 5.26 Å². The molecular weight excluding hydrogens is 297 g/mol. The molecule has 0 aliphatic rings. The summed E-state index contributed by atoms with van der Waals surface area (Å²) in [4.78, 5) is 11.3. The number of hydrogen-bond acceptors (Lipinski definition) is 4. The second-order valence-electron chi connectivity index (χ2n) is 4.61. The van der Waals surface area contributed by atoms with Crippen molar-refractivity contribution in [1.29, 1.82) is 5.26 Å². The molecule has 0 bridgehead atoms. The van der Waals surface area contributed by atoms with Crippen LogP contribution in [0.25, 0.3) is 6.08 Å². The number of carbonyl (C=O) groups is 1. The van der Waals surface area contributed by atoms with Gasteiger partial charge in [-0.1, -0.05) is 30.3 Å². The molecule has 0 aliphatic heterocycles. The molecule has 0 saturated heterocycles. The van der Waals surface area contributed by atoms with E-state index >= 15 is 0 Å². The molecule has 0 aromatic heterocycles. The maximum atomic E-state index is 13.5. The number of benzene rings is 2. The zero-order valence-electron chi connectivity index (χ0n) is 12.5. The molecule has 0 atom stereocenters. The lowest BCUT2D eigenvalue weighted by molar-refractivity contribution is -0.135. The highest BCUT2D eigenvalue weighted by molar-refractivity contribution is 5.97. The Hall–Kier alpha value is -3.13. The molecule has 0 heterocycles. The molecule has 2 rings (SSSR count). The molecule has 0 aliphatic carbocycles. The smallest absolute Gasteiger partial charge is 0.348 e. The second kappa shape index (κ2) is 7.76. The minimum Gasteiger partial charge on any atom is -0.489 e. The van der Waals surface area contributed by atoms with E-state index in [0.29, 0.717) is 16.9 Å². The van der Waals surface area contributed by atoms with E-state index in [1.54, 1.807) is 48.5 Å². The molecule has 23 heavy (non-hydrogen) atoms. The van der Waals surface area contributed by atoms with E-state index in [4.69, 9.17) is 10.00 Å². The SMILES string of the molecule is COC(=O)/C(C#N)=C/c1ccc(OCc2ccccc2F)cc1. The number of nitrogens with zero attached hydrogens (tertiary/aromatic N) is 1. The summed E-state index contributed by atoms with van der Waals surface area (Å²) >= 11 is 0. The van der Waals surface area contributed by atoms with Gasteiger partial charge in [0.05, 0.1) is 7.11 Å². The predicted molar refractivity (Wildman–Crippen MR) is 82.8 cm³/mol. The highest BCUT2D eigenvalue weighted by Crippen LogP contribution is 2.17. The third-order valence-corrected chi connectivity index (χ3v) is 3.07. The fraction of sp³-hybridized carbons (Fsp3) is 0.111. The van der Waals surface area contributed by atoms with Gasteiger partial charge < -0.3 is 9.47 Å². The van der Waals surface area contributed by atoms with Crippen molar-refractivity contribution >= 4 is 12.0 Å². The van der Waals surface area contributed by atoms with Crippen LogP contribution in [-0.4, -0.2) is 13.1 Å². The normalized spacial score (nSPS) is 10.7. The van der Waals surface area contributed by atoms with E-state index in [1.807, 2.05) is 0 Å². The number of methoxy groups -OCH3 is 1. The van der Waals surface area contributed by atoms with Crippen molar-refractivity contribution in [2.45, 2.75) is 6.61 Å². The van der Waals surface area contributed by atoms with Gasteiger partial charge in [-0.25, -0.2) is 9.18 Å². The summed E-state index contributed by atoms with van der Waals surface area (Å²) in [6.45, 7) is 0.119. The molecule has 2 aromatic rings. The standard InChI is InChI=1S/C18H14FNO3/c1-22-18(21)15(11-20)10-13-6-8-16(9-7-13)23-12-14-4-2-3-5-17(14)19/h2-10H,12H2,1H3/b15-10+. The summed E-state index contributed by atoms with van der Waals surface area (Å²) in [5.74, 6) is -0.446. The van der Waals surface area contributed by atoms with Crippen LogP contribution in [0.5, 0.6) is 5.75 Å². The van der Waals surface area contributed by atoms with Crippen molar-refractivity contribution < 1.29 is 18.7 Å². The molecule has 0 fully saturated rings. The van der Waals surface area contributed by atoms with Gasteiger partial charge in [0, 0.05) is 5.56 Å². The molecule has 4 nitrogen and oxygen atoms in total. The van der Waals surface area contributed by atoms with E-state index < -0.39 is 5.97 Å². The number of carbonyl (C=O) groups excluding carboxylic acids is 1. The zero-order valence-corrected chi connectivity index (χ0v) is 12.5. The fourth-order valence-electron chi connectivity index (χ4n) is 1.85. The molecule has 0 amide bonds. The van der Waals surface area contributed by atoms with Crippen LogP contribution < -0.4 is 4.74 Å². The molecule has 0 N–H and O–H groups in total. The summed E-state index contributed by atoms with van der Waals surface area (Å²) in [5.41, 5.74) is 1.03. The Labute approximate surface area is 133 Å². The van der Waals surface area contributed by atoms with Crippen molar-refractivity contribution in [3.8, 4) is 11.8 Å². The van der Waals surface area contributed by atoms with Gasteiger partial charge in [-0.15, -0.1) is 0 Å². The second-order valence-corrected chi connectivity index (χ2v) is 4.61. The summed E-state index contributed by atoms with van der Waals surface area (Å²) in [7, 11) is 1.22. The van der Waals surface area contributed by atoms with Crippen molar-refractivity contribution in [3.05, 3.63) is 71.0 Å². The Kier molecular flexibility index (Phi) is 5.48. The van der Waals surface area contributed by atoms with Gasteiger partial charge in [0.1, 0.15) is 29.8 Å². The van der Waals surface area contributed by atoms with Gasteiger partial charge in [0.2, 0.25) is 0 Å². The topological polar surface area (TPSA) is 59.3 Å². The van der Waals surface area contributed by atoms with Crippen LogP contribution in [0.2, 0.25) is 0 Å². The Balaban J connectivity index is 2.05. The molecule has 0 unspecified atom stereocenters. The fourth-order valence-corrected chi connectivity index (χ4v) is 1.85. The highest BCUT2D eigenvalue weighted by atomic mass is 19.1. The van der Waals surface area contributed by atoms with Crippen LogP contribution >= 0.6 is 0 Å². The first-order valence-corrected chi connectivity index (χ1v) is 6.80. The molecule has 116 valence electrons. The molecule has 5 heteroatoms. The monoisotopic (exact) mass is 311 g/mol. The van der Waals surface area contributed by atoms with Crippen LogP contribution in [0.1, 0.15) is 11.1 Å². The number of ether oxygens (including phenoxy) is 2. The summed E-state index contributed by atoms with van der Waals surface area (Å²) in [6.07, 6.45) is 1.42. The first kappa shape index (κ1) is 16.2. The molecule has 0 saturated carbocycles. The summed E-state index contributed by atoms with van der Waals surface area (Å²) < 4.78 is 23.5. The number of rotatable bonds is 5. The van der Waals surface area contributed by atoms with Crippen LogP contribution in [0, 0.1) is 17.1 Å². The first-order chi connectivity index (χ1) is 11.1. The molecule has 2 aromatic carbocycles. The Morgan fingerprint density at radius 3 is 2.52 bits per heavy atom. The van der Waals surface area contributed by atoms with Gasteiger partial charge in [-0.05, 0) is 29.8 Å². The van der Waals surface area contributed by atoms with Crippen LogP contribution in [-0.2, 0) is 16.1 Å². The third kappa shape index (κ3) is 4.42. The summed E-state index contributed by atoms with van der Waals surface area (Å²) in [6, 6.07) is 14.9. The third-order valence-electron chi connectivity index (χ3n) is 3.07. The average molecular weight is 311 g/mol. The lowest BCUT2D eigenvalue weighted by Gasteiger charge is -2.07. The minimum absolute atomic E-state index is 0.0903. The van der Waals surface area contributed by atoms with Crippen LogP contribution in [0.3, 0.4) is 0 Å². The number of halogens is 1. The van der Waals surface area contributed by atoms with Crippen molar-refractivity contribution in [1.82, 2.24) is 0 Å². The maximum absolute atomic E-state index is 13.5. The molecular formula is C18H14FNO3. The number of nitriles is 1. The lowest BCUT2D eigenvalue weighted by Crippen LogP contribution is -2.02.